The van der Waals surface area contributed by atoms with E-state index in [9.17, 15) is 0 Å². The number of fused-ring (bicyclic) bond motifs is 1. The summed E-state index contributed by atoms with van der Waals surface area (Å²) in [6.45, 7) is 1.62. The van der Waals surface area contributed by atoms with E-state index in [0.717, 1.165) is 34.4 Å². The molecule has 0 aliphatic carbocycles. The van der Waals surface area contributed by atoms with Crippen LogP contribution < -0.4 is 5.32 Å². The minimum Gasteiger partial charge on any atom is -0.341 e. The van der Waals surface area contributed by atoms with E-state index in [1.54, 1.807) is 11.3 Å². The van der Waals surface area contributed by atoms with Crippen molar-refractivity contribution in [2.45, 2.75) is 13.1 Å². The van der Waals surface area contributed by atoms with E-state index in [4.69, 9.17) is 0 Å². The fourth-order valence-electron chi connectivity index (χ4n) is 1.84. The molecule has 2 N–H and O–H groups in total. The molecule has 0 fully saturated rings. The summed E-state index contributed by atoms with van der Waals surface area (Å²) >= 11 is 5.21. The van der Waals surface area contributed by atoms with Gasteiger partial charge in [-0.25, -0.2) is 4.98 Å². The van der Waals surface area contributed by atoms with Gasteiger partial charge in [0.2, 0.25) is 0 Å². The van der Waals surface area contributed by atoms with Gasteiger partial charge in [0, 0.05) is 21.3 Å². The van der Waals surface area contributed by atoms with E-state index in [-0.39, 0.29) is 0 Å². The monoisotopic (exact) mass is 321 g/mol. The summed E-state index contributed by atoms with van der Waals surface area (Å²) in [5.74, 6) is 0.979. The fraction of sp³-hybridized carbons (Fsp3) is 0.154. The number of aromatic amines is 1. The molecule has 3 aromatic rings. The first-order valence-electron chi connectivity index (χ1n) is 5.68. The van der Waals surface area contributed by atoms with Crippen molar-refractivity contribution in [3.63, 3.8) is 0 Å². The van der Waals surface area contributed by atoms with Gasteiger partial charge in [0.15, 0.2) is 0 Å². The molecule has 0 atom stereocenters. The van der Waals surface area contributed by atoms with Crippen LogP contribution in [0.25, 0.3) is 11.0 Å². The van der Waals surface area contributed by atoms with Crippen molar-refractivity contribution < 1.29 is 0 Å². The van der Waals surface area contributed by atoms with Gasteiger partial charge in [0.25, 0.3) is 0 Å². The van der Waals surface area contributed by atoms with Gasteiger partial charge in [-0.2, -0.15) is 0 Å². The largest absolute Gasteiger partial charge is 0.341 e. The van der Waals surface area contributed by atoms with Crippen molar-refractivity contribution in [1.29, 1.82) is 0 Å². The number of nitrogens with zero attached hydrogens (tertiary/aromatic N) is 1. The minimum absolute atomic E-state index is 0.754. The summed E-state index contributed by atoms with van der Waals surface area (Å²) in [5.41, 5.74) is 2.11. The highest BCUT2D eigenvalue weighted by Crippen LogP contribution is 2.19. The Kier molecular flexibility index (Phi) is 3.45. The number of rotatable bonds is 4. The standard InChI is InChI=1S/C13H12BrN3S/c14-9-5-10(18-8-9)6-15-7-13-16-11-3-1-2-4-12(11)17-13/h1-5,8,15H,6-7H2,(H,16,17). The molecule has 92 valence electrons. The number of benzene rings is 1. The Morgan fingerprint density at radius 1 is 1.28 bits per heavy atom. The number of para-hydroxylation sites is 2. The molecule has 5 heteroatoms. The smallest absolute Gasteiger partial charge is 0.121 e. The molecule has 0 saturated heterocycles. The molecule has 3 nitrogen and oxygen atoms in total. The van der Waals surface area contributed by atoms with E-state index in [1.807, 2.05) is 24.3 Å². The van der Waals surface area contributed by atoms with Crippen LogP contribution in [0.3, 0.4) is 0 Å². The molecule has 0 unspecified atom stereocenters. The van der Waals surface area contributed by atoms with Crippen molar-refractivity contribution >= 4 is 38.3 Å². The van der Waals surface area contributed by atoms with Crippen molar-refractivity contribution in [2.75, 3.05) is 0 Å². The van der Waals surface area contributed by atoms with Crippen LogP contribution in [0.4, 0.5) is 0 Å². The summed E-state index contributed by atoms with van der Waals surface area (Å²) in [6, 6.07) is 10.2. The quantitative estimate of drug-likeness (QED) is 0.769. The first kappa shape index (κ1) is 11.9. The average molecular weight is 322 g/mol. The lowest BCUT2D eigenvalue weighted by Gasteiger charge is -1.99. The predicted molar refractivity (Wildman–Crippen MR) is 78.7 cm³/mol. The maximum Gasteiger partial charge on any atom is 0.121 e. The SMILES string of the molecule is Brc1csc(CNCc2nc3ccccc3[nH]2)c1. The average Bonchev–Trinajstić information content (AvgIpc) is 2.95. The number of imidazole rings is 1. The topological polar surface area (TPSA) is 40.7 Å². The molecule has 3 rings (SSSR count). The second-order valence-corrected chi connectivity index (χ2v) is 5.95. The van der Waals surface area contributed by atoms with Gasteiger partial charge in [-0.15, -0.1) is 11.3 Å². The molecule has 0 aliphatic rings. The Hall–Kier alpha value is -1.17. The van der Waals surface area contributed by atoms with Crippen LogP contribution >= 0.6 is 27.3 Å². The molecule has 0 radical (unpaired) electrons. The lowest BCUT2D eigenvalue weighted by molar-refractivity contribution is 0.677. The van der Waals surface area contributed by atoms with Crippen LogP contribution in [0.1, 0.15) is 10.7 Å². The van der Waals surface area contributed by atoms with Gasteiger partial charge in [0.05, 0.1) is 17.6 Å². The van der Waals surface area contributed by atoms with Crippen LogP contribution in [-0.4, -0.2) is 9.97 Å². The summed E-state index contributed by atoms with van der Waals surface area (Å²) in [7, 11) is 0. The Balaban J connectivity index is 1.62. The number of nitrogens with one attached hydrogen (secondary N) is 2. The summed E-state index contributed by atoms with van der Waals surface area (Å²) in [6.07, 6.45) is 0. The first-order valence-corrected chi connectivity index (χ1v) is 7.36. The summed E-state index contributed by atoms with van der Waals surface area (Å²) in [5, 5.41) is 5.48. The molecular formula is C13H12BrN3S. The second-order valence-electron chi connectivity index (χ2n) is 4.04. The molecule has 2 heterocycles. The van der Waals surface area contributed by atoms with E-state index >= 15 is 0 Å². The number of thiophene rings is 1. The Bertz CT molecular complexity index is 626. The molecule has 0 saturated carbocycles. The molecule has 0 bridgehead atoms. The highest BCUT2D eigenvalue weighted by molar-refractivity contribution is 9.10. The zero-order valence-corrected chi connectivity index (χ0v) is 12.0. The van der Waals surface area contributed by atoms with Crippen LogP contribution in [0.5, 0.6) is 0 Å². The maximum absolute atomic E-state index is 4.53. The molecule has 2 aromatic heterocycles. The highest BCUT2D eigenvalue weighted by Gasteiger charge is 2.02. The summed E-state index contributed by atoms with van der Waals surface area (Å²) < 4.78 is 1.15. The zero-order valence-electron chi connectivity index (χ0n) is 9.61. The van der Waals surface area contributed by atoms with E-state index in [2.05, 4.69) is 42.7 Å². The maximum atomic E-state index is 4.53. The molecular weight excluding hydrogens is 310 g/mol. The van der Waals surface area contributed by atoms with Crippen molar-refractivity contribution in [3.05, 3.63) is 50.9 Å². The Morgan fingerprint density at radius 2 is 2.17 bits per heavy atom. The molecule has 0 aliphatic heterocycles. The van der Waals surface area contributed by atoms with Crippen molar-refractivity contribution in [3.8, 4) is 0 Å². The number of halogens is 1. The zero-order chi connectivity index (χ0) is 12.4. The third-order valence-corrected chi connectivity index (χ3v) is 4.35. The van der Waals surface area contributed by atoms with Gasteiger partial charge in [-0.05, 0) is 34.1 Å². The second kappa shape index (κ2) is 5.22. The van der Waals surface area contributed by atoms with Crippen LogP contribution in [0, 0.1) is 0 Å². The first-order chi connectivity index (χ1) is 8.81. The lowest BCUT2D eigenvalue weighted by atomic mass is 10.3. The van der Waals surface area contributed by atoms with Gasteiger partial charge in [0.1, 0.15) is 5.82 Å². The minimum atomic E-state index is 0.754. The molecule has 18 heavy (non-hydrogen) atoms. The van der Waals surface area contributed by atoms with Gasteiger partial charge >= 0.3 is 0 Å². The van der Waals surface area contributed by atoms with E-state index in [1.165, 1.54) is 4.88 Å². The van der Waals surface area contributed by atoms with E-state index in [0.29, 0.717) is 0 Å². The van der Waals surface area contributed by atoms with Crippen LogP contribution in [0.2, 0.25) is 0 Å². The lowest BCUT2D eigenvalue weighted by Crippen LogP contribution is -2.12. The normalized spacial score (nSPS) is 11.2. The summed E-state index contributed by atoms with van der Waals surface area (Å²) in [4.78, 5) is 9.15. The predicted octanol–water partition coefficient (Wildman–Crippen LogP) is 3.68. The van der Waals surface area contributed by atoms with Crippen LogP contribution in [-0.2, 0) is 13.1 Å². The highest BCUT2D eigenvalue weighted by atomic mass is 79.9. The van der Waals surface area contributed by atoms with Crippen molar-refractivity contribution in [1.82, 2.24) is 15.3 Å². The van der Waals surface area contributed by atoms with Gasteiger partial charge in [-0.1, -0.05) is 12.1 Å². The third kappa shape index (κ3) is 2.63. The van der Waals surface area contributed by atoms with E-state index < -0.39 is 0 Å². The molecule has 0 amide bonds. The molecule has 1 aromatic carbocycles. The fourth-order valence-corrected chi connectivity index (χ4v) is 3.26. The number of hydrogen-bond donors (Lipinski definition) is 2. The van der Waals surface area contributed by atoms with Gasteiger partial charge < -0.3 is 10.3 Å². The van der Waals surface area contributed by atoms with Gasteiger partial charge in [-0.3, -0.25) is 0 Å². The number of H-pyrrole nitrogens is 1. The Morgan fingerprint density at radius 3 is 2.94 bits per heavy atom. The third-order valence-electron chi connectivity index (χ3n) is 2.65. The Labute approximate surface area is 117 Å². The van der Waals surface area contributed by atoms with Crippen LogP contribution in [0.15, 0.2) is 40.2 Å². The number of aromatic nitrogens is 2. The van der Waals surface area contributed by atoms with Crippen molar-refractivity contribution in [2.24, 2.45) is 0 Å². The molecule has 0 spiro atoms. The number of hydrogen-bond acceptors (Lipinski definition) is 3.